The summed E-state index contributed by atoms with van der Waals surface area (Å²) in [5.74, 6) is 0. The molecular formula is C8H17N2O. The lowest BCUT2D eigenvalue weighted by atomic mass is 10.4. The Morgan fingerprint density at radius 3 is 2.09 bits per heavy atom. The highest BCUT2D eigenvalue weighted by Gasteiger charge is 2.05. The normalized spacial score (nSPS) is 10.2. The van der Waals surface area contributed by atoms with Crippen LogP contribution in [-0.2, 0) is 4.79 Å². The van der Waals surface area contributed by atoms with Gasteiger partial charge in [0.2, 0.25) is 0 Å². The third kappa shape index (κ3) is 3.98. The van der Waals surface area contributed by atoms with Crippen molar-refractivity contribution in [1.29, 1.82) is 0 Å². The second-order valence-corrected chi connectivity index (χ2v) is 2.60. The summed E-state index contributed by atoms with van der Waals surface area (Å²) in [6.07, 6.45) is 3.93. The zero-order valence-electron chi connectivity index (χ0n) is 7.63. The molecule has 0 aliphatic rings. The molecule has 3 heteroatoms. The van der Waals surface area contributed by atoms with Gasteiger partial charge in [-0.15, -0.1) is 0 Å². The van der Waals surface area contributed by atoms with Gasteiger partial charge in [0.25, 0.3) is 0 Å². The molecule has 0 rings (SSSR count). The Bertz CT molecular complexity index is 106. The zero-order chi connectivity index (χ0) is 8.69. The molecular weight excluding hydrogens is 140 g/mol. The minimum Gasteiger partial charge on any atom is -0.267 e. The van der Waals surface area contributed by atoms with Gasteiger partial charge in [0.05, 0.1) is 0 Å². The van der Waals surface area contributed by atoms with Crippen molar-refractivity contribution in [2.24, 2.45) is 0 Å². The maximum atomic E-state index is 10.4. The smallest absolute Gasteiger partial charge is 0.267 e. The first kappa shape index (κ1) is 10.4. The Hall–Kier alpha value is -0.570. The third-order valence-corrected chi connectivity index (χ3v) is 1.50. The molecule has 11 heavy (non-hydrogen) atoms. The van der Waals surface area contributed by atoms with Gasteiger partial charge < -0.3 is 0 Å². The molecule has 1 radical (unpaired) electrons. The van der Waals surface area contributed by atoms with E-state index in [9.17, 15) is 4.79 Å². The summed E-state index contributed by atoms with van der Waals surface area (Å²) in [6, 6.07) is 0. The Morgan fingerprint density at radius 2 is 1.73 bits per heavy atom. The molecule has 0 atom stereocenters. The van der Waals surface area contributed by atoms with E-state index in [0.29, 0.717) is 0 Å². The van der Waals surface area contributed by atoms with Crippen LogP contribution in [0.5, 0.6) is 0 Å². The average Bonchev–Trinajstić information content (AvgIpc) is 2.00. The van der Waals surface area contributed by atoms with Crippen molar-refractivity contribution in [1.82, 2.24) is 10.0 Å². The molecule has 0 saturated carbocycles. The number of amides is 1. The molecule has 0 unspecified atom stereocenters. The molecule has 0 saturated heterocycles. The maximum Gasteiger partial charge on any atom is 0.327 e. The highest BCUT2D eigenvalue weighted by molar-refractivity contribution is 5.46. The monoisotopic (exact) mass is 157 g/mol. The Labute approximate surface area is 68.9 Å². The van der Waals surface area contributed by atoms with Crippen molar-refractivity contribution in [2.45, 2.75) is 26.7 Å². The van der Waals surface area contributed by atoms with Crippen LogP contribution < -0.4 is 0 Å². The van der Waals surface area contributed by atoms with Gasteiger partial charge in [0, 0.05) is 20.1 Å². The Balaban J connectivity index is 3.70. The van der Waals surface area contributed by atoms with E-state index >= 15 is 0 Å². The molecule has 0 aromatic rings. The molecule has 0 fully saturated rings. The Morgan fingerprint density at radius 1 is 1.18 bits per heavy atom. The predicted octanol–water partition coefficient (Wildman–Crippen LogP) is 1.02. The van der Waals surface area contributed by atoms with Crippen molar-refractivity contribution >= 4 is 6.41 Å². The third-order valence-electron chi connectivity index (χ3n) is 1.50. The molecule has 0 bridgehead atoms. The minimum absolute atomic E-state index is 0.764. The van der Waals surface area contributed by atoms with Crippen LogP contribution >= 0.6 is 0 Å². The first-order valence-corrected chi connectivity index (χ1v) is 4.12. The topological polar surface area (TPSA) is 23.6 Å². The van der Waals surface area contributed by atoms with Gasteiger partial charge in [0.1, 0.15) is 0 Å². The number of hydrogen-bond donors (Lipinski definition) is 0. The fourth-order valence-corrected chi connectivity index (χ4v) is 0.942. The lowest BCUT2D eigenvalue weighted by molar-refractivity contribution is 0.0728. The highest BCUT2D eigenvalue weighted by atomic mass is 16.1. The van der Waals surface area contributed by atoms with E-state index in [2.05, 4.69) is 6.92 Å². The van der Waals surface area contributed by atoms with Crippen molar-refractivity contribution in [3.8, 4) is 0 Å². The highest BCUT2D eigenvalue weighted by Crippen LogP contribution is 1.94. The summed E-state index contributed by atoms with van der Waals surface area (Å²) in [5.41, 5.74) is 0. The summed E-state index contributed by atoms with van der Waals surface area (Å²) in [7, 11) is 1.91. The van der Waals surface area contributed by atoms with Crippen LogP contribution in [0, 0.1) is 0 Å². The first-order chi connectivity index (χ1) is 5.26. The summed E-state index contributed by atoms with van der Waals surface area (Å²) < 4.78 is 0. The minimum atomic E-state index is 0.764. The predicted molar refractivity (Wildman–Crippen MR) is 45.6 cm³/mol. The van der Waals surface area contributed by atoms with Crippen LogP contribution in [0.3, 0.4) is 0 Å². The quantitative estimate of drug-likeness (QED) is 0.424. The van der Waals surface area contributed by atoms with Gasteiger partial charge in [-0.1, -0.05) is 13.8 Å². The van der Waals surface area contributed by atoms with E-state index in [1.807, 2.05) is 25.4 Å². The molecule has 1 amide bonds. The summed E-state index contributed by atoms with van der Waals surface area (Å²) in [5, 5.41) is 3.49. The molecule has 0 spiro atoms. The van der Waals surface area contributed by atoms with E-state index in [0.717, 1.165) is 25.9 Å². The summed E-state index contributed by atoms with van der Waals surface area (Å²) in [6.45, 7) is 5.81. The van der Waals surface area contributed by atoms with Crippen molar-refractivity contribution in [2.75, 3.05) is 20.1 Å². The average molecular weight is 157 g/mol. The Kier molecular flexibility index (Phi) is 5.84. The molecule has 0 heterocycles. The summed E-state index contributed by atoms with van der Waals surface area (Å²) in [4.78, 5) is 10.4. The van der Waals surface area contributed by atoms with Gasteiger partial charge in [0.15, 0.2) is 0 Å². The van der Waals surface area contributed by atoms with Crippen LogP contribution in [0.25, 0.3) is 0 Å². The number of nitrogens with zero attached hydrogens (tertiary/aromatic N) is 2. The van der Waals surface area contributed by atoms with Crippen molar-refractivity contribution < 1.29 is 4.79 Å². The maximum absolute atomic E-state index is 10.4. The fraction of sp³-hybridized carbons (Fsp3) is 0.875. The number of rotatable bonds is 6. The van der Waals surface area contributed by atoms with Crippen LogP contribution in [0.2, 0.25) is 0 Å². The van der Waals surface area contributed by atoms with Crippen LogP contribution in [0.4, 0.5) is 0 Å². The van der Waals surface area contributed by atoms with Crippen molar-refractivity contribution in [3.63, 3.8) is 0 Å². The van der Waals surface area contributed by atoms with E-state index in [1.165, 1.54) is 0 Å². The van der Waals surface area contributed by atoms with E-state index in [4.69, 9.17) is 0 Å². The molecule has 3 nitrogen and oxygen atoms in total. The van der Waals surface area contributed by atoms with Gasteiger partial charge in [-0.25, -0.2) is 5.01 Å². The second kappa shape index (κ2) is 6.16. The molecule has 0 aliphatic carbocycles. The number of hydrazine groups is 1. The largest absolute Gasteiger partial charge is 0.327 e. The molecule has 0 aromatic heterocycles. The van der Waals surface area contributed by atoms with Crippen LogP contribution in [0.15, 0.2) is 0 Å². The molecule has 65 valence electrons. The SMILES string of the molecule is CCCN(C)N([C]=O)CCC. The van der Waals surface area contributed by atoms with E-state index < -0.39 is 0 Å². The second-order valence-electron chi connectivity index (χ2n) is 2.60. The summed E-state index contributed by atoms with van der Waals surface area (Å²) >= 11 is 0. The first-order valence-electron chi connectivity index (χ1n) is 4.12. The number of hydrogen-bond acceptors (Lipinski definition) is 2. The standard InChI is InChI=1S/C8H17N2O/c1-4-6-9(3)10(8-11)7-5-2/h4-7H2,1-3H3. The van der Waals surface area contributed by atoms with E-state index in [1.54, 1.807) is 5.01 Å². The van der Waals surface area contributed by atoms with E-state index in [-0.39, 0.29) is 0 Å². The lowest BCUT2D eigenvalue weighted by Gasteiger charge is -2.26. The van der Waals surface area contributed by atoms with Gasteiger partial charge in [-0.2, -0.15) is 0 Å². The van der Waals surface area contributed by atoms with Gasteiger partial charge >= 0.3 is 6.41 Å². The van der Waals surface area contributed by atoms with Crippen molar-refractivity contribution in [3.05, 3.63) is 0 Å². The number of carbonyl (C=O) groups excluding carboxylic acids is 1. The van der Waals surface area contributed by atoms with Gasteiger partial charge in [-0.05, 0) is 12.8 Å². The zero-order valence-corrected chi connectivity index (χ0v) is 7.63. The van der Waals surface area contributed by atoms with Gasteiger partial charge in [-0.3, -0.25) is 9.80 Å². The molecule has 0 aromatic carbocycles. The molecule has 0 aliphatic heterocycles. The van der Waals surface area contributed by atoms with Crippen LogP contribution in [0.1, 0.15) is 26.7 Å². The molecule has 0 N–H and O–H groups in total. The van der Waals surface area contributed by atoms with Crippen LogP contribution in [-0.4, -0.2) is 36.6 Å². The lowest BCUT2D eigenvalue weighted by Crippen LogP contribution is -2.39. The fourth-order valence-electron chi connectivity index (χ4n) is 0.942.